The second-order valence-electron chi connectivity index (χ2n) is 5.65. The average molecular weight is 311 g/mol. The van der Waals surface area contributed by atoms with Crippen LogP contribution < -0.4 is 15.8 Å². The fourth-order valence-corrected chi connectivity index (χ4v) is 4.02. The van der Waals surface area contributed by atoms with Crippen LogP contribution in [-0.2, 0) is 17.1 Å². The molecule has 0 spiro atoms. The first kappa shape index (κ1) is 14.3. The molecule has 7 nitrogen and oxygen atoms in total. The zero-order valence-corrected chi connectivity index (χ0v) is 12.7. The summed E-state index contributed by atoms with van der Waals surface area (Å²) < 4.78 is 34.0. The van der Waals surface area contributed by atoms with Crippen molar-refractivity contribution in [3.63, 3.8) is 0 Å². The van der Waals surface area contributed by atoms with Gasteiger partial charge in [0.25, 0.3) is 0 Å². The molecule has 2 aromatic rings. The number of rotatable bonds is 3. The fraction of sp³-hybridized carbons (Fsp3) is 0.462. The maximum Gasteiger partial charge on any atom is 0.419 e. The van der Waals surface area contributed by atoms with Crippen LogP contribution >= 0.6 is 0 Å². The quantitative estimate of drug-likeness (QED) is 0.842. The number of aryl methyl sites for hydroxylation is 1. The van der Waals surface area contributed by atoms with Crippen molar-refractivity contribution in [3.8, 4) is 0 Å². The topological polar surface area (TPSA) is 93.3 Å². The third-order valence-corrected chi connectivity index (χ3v) is 5.46. The predicted molar refractivity (Wildman–Crippen MR) is 77.7 cm³/mol. The molecular weight excluding hydrogens is 294 g/mol. The Morgan fingerprint density at radius 3 is 2.86 bits per heavy atom. The van der Waals surface area contributed by atoms with Crippen LogP contribution in [0.5, 0.6) is 0 Å². The van der Waals surface area contributed by atoms with E-state index < -0.39 is 21.3 Å². The van der Waals surface area contributed by atoms with Crippen molar-refractivity contribution in [1.82, 2.24) is 14.6 Å². The van der Waals surface area contributed by atoms with E-state index in [9.17, 15) is 13.2 Å². The Morgan fingerprint density at radius 2 is 2.19 bits per heavy atom. The van der Waals surface area contributed by atoms with Gasteiger partial charge < -0.3 is 9.73 Å². The van der Waals surface area contributed by atoms with Gasteiger partial charge in [-0.25, -0.2) is 17.9 Å². The molecule has 0 aliphatic carbocycles. The summed E-state index contributed by atoms with van der Waals surface area (Å²) in [4.78, 5) is 11.5. The van der Waals surface area contributed by atoms with Gasteiger partial charge in [-0.15, -0.1) is 0 Å². The van der Waals surface area contributed by atoms with Gasteiger partial charge in [0.1, 0.15) is 0 Å². The molecule has 3 rings (SSSR count). The highest BCUT2D eigenvalue weighted by Crippen LogP contribution is 2.21. The molecule has 0 bridgehead atoms. The third kappa shape index (κ3) is 2.50. The van der Waals surface area contributed by atoms with E-state index in [4.69, 9.17) is 4.42 Å². The summed E-state index contributed by atoms with van der Waals surface area (Å²) in [6.45, 7) is 3.24. The third-order valence-electron chi connectivity index (χ3n) is 3.82. The van der Waals surface area contributed by atoms with E-state index in [1.165, 1.54) is 16.7 Å². The second kappa shape index (κ2) is 4.69. The van der Waals surface area contributed by atoms with Crippen LogP contribution in [0.3, 0.4) is 0 Å². The van der Waals surface area contributed by atoms with Crippen LogP contribution in [0, 0.1) is 0 Å². The number of nitrogens with one attached hydrogen (secondary N) is 2. The van der Waals surface area contributed by atoms with Gasteiger partial charge in [-0.3, -0.25) is 4.57 Å². The van der Waals surface area contributed by atoms with Gasteiger partial charge in [0.2, 0.25) is 10.0 Å². The minimum Gasteiger partial charge on any atom is -0.408 e. The van der Waals surface area contributed by atoms with Gasteiger partial charge >= 0.3 is 5.76 Å². The van der Waals surface area contributed by atoms with Gasteiger partial charge in [0.15, 0.2) is 5.58 Å². The Kier molecular flexibility index (Phi) is 3.19. The molecule has 2 heterocycles. The van der Waals surface area contributed by atoms with E-state index >= 15 is 0 Å². The van der Waals surface area contributed by atoms with Gasteiger partial charge in [-0.1, -0.05) is 0 Å². The standard InChI is InChI=1S/C13H17N3O4S/c1-13(5-6-14-8-13)15-21(18,19)9-3-4-10-11(7-9)20-12(17)16(10)2/h3-4,7,14-15H,5-6,8H2,1-2H3. The summed E-state index contributed by atoms with van der Waals surface area (Å²) in [5, 5.41) is 3.14. The van der Waals surface area contributed by atoms with Crippen molar-refractivity contribution in [1.29, 1.82) is 0 Å². The van der Waals surface area contributed by atoms with Crippen molar-refractivity contribution in [3.05, 3.63) is 28.7 Å². The number of nitrogens with zero attached hydrogens (tertiary/aromatic N) is 1. The Hall–Kier alpha value is -1.64. The Balaban J connectivity index is 2.00. The highest BCUT2D eigenvalue weighted by atomic mass is 32.2. The molecule has 0 radical (unpaired) electrons. The maximum atomic E-state index is 12.5. The summed E-state index contributed by atoms with van der Waals surface area (Å²) in [5.41, 5.74) is 0.332. The molecule has 114 valence electrons. The maximum absolute atomic E-state index is 12.5. The van der Waals surface area contributed by atoms with Gasteiger partial charge in [0.05, 0.1) is 10.4 Å². The average Bonchev–Trinajstić information content (AvgIpc) is 2.94. The Labute approximate surface area is 122 Å². The highest BCUT2D eigenvalue weighted by molar-refractivity contribution is 7.89. The second-order valence-corrected chi connectivity index (χ2v) is 7.33. The summed E-state index contributed by atoms with van der Waals surface area (Å²) in [5.74, 6) is -0.514. The van der Waals surface area contributed by atoms with Crippen LogP contribution in [0.1, 0.15) is 13.3 Å². The molecule has 0 saturated carbocycles. The summed E-state index contributed by atoms with van der Waals surface area (Å²) in [6.07, 6.45) is 0.731. The summed E-state index contributed by atoms with van der Waals surface area (Å²) >= 11 is 0. The van der Waals surface area contributed by atoms with E-state index in [0.29, 0.717) is 12.1 Å². The number of oxazole rings is 1. The first-order valence-electron chi connectivity index (χ1n) is 6.65. The Morgan fingerprint density at radius 1 is 1.43 bits per heavy atom. The molecule has 1 aliphatic heterocycles. The molecule has 0 amide bonds. The van der Waals surface area contributed by atoms with E-state index in [0.717, 1.165) is 13.0 Å². The molecule has 2 N–H and O–H groups in total. The molecule has 1 aromatic carbocycles. The smallest absolute Gasteiger partial charge is 0.408 e. The lowest BCUT2D eigenvalue weighted by Crippen LogP contribution is -2.47. The first-order valence-corrected chi connectivity index (χ1v) is 8.13. The molecule has 1 fully saturated rings. The van der Waals surface area contributed by atoms with E-state index in [-0.39, 0.29) is 10.5 Å². The van der Waals surface area contributed by atoms with Crippen molar-refractivity contribution in [2.45, 2.75) is 23.8 Å². The number of fused-ring (bicyclic) bond motifs is 1. The van der Waals surface area contributed by atoms with Crippen molar-refractivity contribution < 1.29 is 12.8 Å². The minimum atomic E-state index is -3.66. The number of benzene rings is 1. The number of hydrogen-bond acceptors (Lipinski definition) is 5. The van der Waals surface area contributed by atoms with E-state index in [2.05, 4.69) is 10.0 Å². The monoisotopic (exact) mass is 311 g/mol. The summed E-state index contributed by atoms with van der Waals surface area (Å²) in [7, 11) is -2.08. The van der Waals surface area contributed by atoms with E-state index in [1.807, 2.05) is 6.92 Å². The largest absolute Gasteiger partial charge is 0.419 e. The number of hydrogen-bond donors (Lipinski definition) is 2. The van der Waals surface area contributed by atoms with Crippen molar-refractivity contribution >= 4 is 21.1 Å². The molecule has 8 heteroatoms. The molecule has 1 saturated heterocycles. The predicted octanol–water partition coefficient (Wildman–Crippen LogP) is 0.162. The number of sulfonamides is 1. The van der Waals surface area contributed by atoms with Crippen molar-refractivity contribution in [2.75, 3.05) is 13.1 Å². The minimum absolute atomic E-state index is 0.0949. The summed E-state index contributed by atoms with van der Waals surface area (Å²) in [6, 6.07) is 4.43. The Bertz CT molecular complexity index is 844. The van der Waals surface area contributed by atoms with Crippen LogP contribution in [0.15, 0.2) is 32.3 Å². The zero-order valence-electron chi connectivity index (χ0n) is 11.8. The zero-order chi connectivity index (χ0) is 15.3. The molecule has 21 heavy (non-hydrogen) atoms. The van der Waals surface area contributed by atoms with Crippen molar-refractivity contribution in [2.24, 2.45) is 7.05 Å². The number of aromatic nitrogens is 1. The van der Waals surface area contributed by atoms with Crippen LogP contribution in [0.4, 0.5) is 0 Å². The molecule has 1 atom stereocenters. The molecule has 1 aliphatic rings. The lowest BCUT2D eigenvalue weighted by molar-refractivity contribution is 0.452. The lowest BCUT2D eigenvalue weighted by atomic mass is 10.0. The SMILES string of the molecule is Cn1c(=O)oc2cc(S(=O)(=O)NC3(C)CCNC3)ccc21. The van der Waals surface area contributed by atoms with Crippen LogP contribution in [-0.4, -0.2) is 31.6 Å². The van der Waals surface area contributed by atoms with Gasteiger partial charge in [-0.2, -0.15) is 0 Å². The highest BCUT2D eigenvalue weighted by Gasteiger charge is 2.33. The van der Waals surface area contributed by atoms with Crippen LogP contribution in [0.2, 0.25) is 0 Å². The fourth-order valence-electron chi connectivity index (χ4n) is 2.57. The van der Waals surface area contributed by atoms with E-state index in [1.54, 1.807) is 13.1 Å². The van der Waals surface area contributed by atoms with Gasteiger partial charge in [-0.05, 0) is 32.0 Å². The molecule has 1 unspecified atom stereocenters. The normalized spacial score (nSPS) is 23.0. The first-order chi connectivity index (χ1) is 9.81. The molecule has 1 aromatic heterocycles. The lowest BCUT2D eigenvalue weighted by Gasteiger charge is -2.24. The van der Waals surface area contributed by atoms with Crippen LogP contribution in [0.25, 0.3) is 11.1 Å². The van der Waals surface area contributed by atoms with Gasteiger partial charge in [0, 0.05) is 25.2 Å². The molecular formula is C13H17N3O4S.